The van der Waals surface area contributed by atoms with Crippen molar-refractivity contribution in [2.45, 2.75) is 64.1 Å². The lowest BCUT2D eigenvalue weighted by Gasteiger charge is -2.28. The summed E-state index contributed by atoms with van der Waals surface area (Å²) in [6.45, 7) is 6.84. The topological polar surface area (TPSA) is 24.5 Å². The lowest BCUT2D eigenvalue weighted by molar-refractivity contribution is 0.0625. The third-order valence-corrected chi connectivity index (χ3v) is 4.01. The van der Waals surface area contributed by atoms with E-state index in [4.69, 9.17) is 4.74 Å². The van der Waals surface area contributed by atoms with E-state index < -0.39 is 0 Å². The Hall–Kier alpha value is -0.120. The first kappa shape index (κ1) is 14.9. The predicted octanol–water partition coefficient (Wildman–Crippen LogP) is 2.26. The minimum atomic E-state index is 0.514. The molecule has 0 unspecified atom stereocenters. The van der Waals surface area contributed by atoms with Crippen molar-refractivity contribution in [3.05, 3.63) is 0 Å². The fourth-order valence-corrected chi connectivity index (χ4v) is 2.40. The van der Waals surface area contributed by atoms with Crippen LogP contribution in [0.5, 0.6) is 0 Å². The Bertz CT molecular complexity index is 189. The summed E-state index contributed by atoms with van der Waals surface area (Å²) in [5.41, 5.74) is 0. The van der Waals surface area contributed by atoms with E-state index in [1.54, 1.807) is 0 Å². The Morgan fingerprint density at radius 1 is 1.24 bits per heavy atom. The quantitative estimate of drug-likeness (QED) is 0.693. The van der Waals surface area contributed by atoms with Gasteiger partial charge in [-0.2, -0.15) is 0 Å². The van der Waals surface area contributed by atoms with Crippen molar-refractivity contribution in [2.24, 2.45) is 0 Å². The first-order valence-electron chi connectivity index (χ1n) is 7.10. The Labute approximate surface area is 107 Å². The van der Waals surface area contributed by atoms with E-state index >= 15 is 0 Å². The zero-order valence-electron chi connectivity index (χ0n) is 12.0. The maximum absolute atomic E-state index is 5.39. The molecule has 3 nitrogen and oxygen atoms in total. The van der Waals surface area contributed by atoms with Gasteiger partial charge < -0.3 is 15.0 Å². The highest BCUT2D eigenvalue weighted by Crippen LogP contribution is 2.20. The van der Waals surface area contributed by atoms with Crippen LogP contribution >= 0.6 is 0 Å². The summed E-state index contributed by atoms with van der Waals surface area (Å²) in [6, 6.07) is 1.39. The molecular weight excluding hydrogens is 212 g/mol. The van der Waals surface area contributed by atoms with Gasteiger partial charge in [-0.1, -0.05) is 0 Å². The standard InChI is InChI=1S/C14H30N2O/c1-12(2)16(3)11-5-10-15-13-6-8-14(17-4)9-7-13/h12-15H,5-11H2,1-4H3. The van der Waals surface area contributed by atoms with Crippen LogP contribution in [0.2, 0.25) is 0 Å². The molecule has 102 valence electrons. The molecule has 1 aliphatic rings. The van der Waals surface area contributed by atoms with Gasteiger partial charge in [-0.3, -0.25) is 0 Å². The predicted molar refractivity (Wildman–Crippen MR) is 73.4 cm³/mol. The average Bonchev–Trinajstić information content (AvgIpc) is 2.35. The molecule has 1 aliphatic carbocycles. The van der Waals surface area contributed by atoms with Crippen molar-refractivity contribution in [3.63, 3.8) is 0 Å². The lowest BCUT2D eigenvalue weighted by atomic mass is 9.93. The monoisotopic (exact) mass is 242 g/mol. The molecule has 1 rings (SSSR count). The molecule has 1 N–H and O–H groups in total. The van der Waals surface area contributed by atoms with Crippen molar-refractivity contribution >= 4 is 0 Å². The number of ether oxygens (including phenoxy) is 1. The molecule has 17 heavy (non-hydrogen) atoms. The van der Waals surface area contributed by atoms with Crippen LogP contribution in [0.25, 0.3) is 0 Å². The lowest BCUT2D eigenvalue weighted by Crippen LogP contribution is -2.37. The fraction of sp³-hybridized carbons (Fsp3) is 1.00. The Morgan fingerprint density at radius 2 is 1.88 bits per heavy atom. The van der Waals surface area contributed by atoms with Crippen LogP contribution in [0, 0.1) is 0 Å². The molecule has 0 aromatic rings. The van der Waals surface area contributed by atoms with Crippen LogP contribution < -0.4 is 5.32 Å². The summed E-state index contributed by atoms with van der Waals surface area (Å²) in [5, 5.41) is 3.68. The zero-order chi connectivity index (χ0) is 12.7. The third kappa shape index (κ3) is 5.84. The van der Waals surface area contributed by atoms with Crippen LogP contribution in [0.1, 0.15) is 46.0 Å². The summed E-state index contributed by atoms with van der Waals surface area (Å²) in [6.07, 6.45) is 6.76. The van der Waals surface area contributed by atoms with Crippen molar-refractivity contribution in [2.75, 3.05) is 27.2 Å². The van der Waals surface area contributed by atoms with E-state index in [0.717, 1.165) is 12.6 Å². The van der Waals surface area contributed by atoms with E-state index in [2.05, 4.69) is 31.1 Å². The Morgan fingerprint density at radius 3 is 2.41 bits per heavy atom. The van der Waals surface area contributed by atoms with Gasteiger partial charge in [0.2, 0.25) is 0 Å². The molecule has 1 saturated carbocycles. The number of hydrogen-bond acceptors (Lipinski definition) is 3. The number of rotatable bonds is 7. The molecule has 0 spiro atoms. The van der Waals surface area contributed by atoms with Gasteiger partial charge in [0.15, 0.2) is 0 Å². The van der Waals surface area contributed by atoms with Gasteiger partial charge in [-0.15, -0.1) is 0 Å². The summed E-state index contributed by atoms with van der Waals surface area (Å²) in [7, 11) is 4.04. The first-order valence-corrected chi connectivity index (χ1v) is 7.10. The maximum atomic E-state index is 5.39. The molecule has 0 atom stereocenters. The second-order valence-electron chi connectivity index (χ2n) is 5.59. The van der Waals surface area contributed by atoms with Gasteiger partial charge in [0.25, 0.3) is 0 Å². The smallest absolute Gasteiger partial charge is 0.0572 e. The number of hydrogen-bond donors (Lipinski definition) is 1. The second kappa shape index (κ2) is 8.06. The molecule has 0 amide bonds. The van der Waals surface area contributed by atoms with Crippen LogP contribution in [0.3, 0.4) is 0 Å². The molecule has 0 bridgehead atoms. The van der Waals surface area contributed by atoms with Crippen molar-refractivity contribution in [3.8, 4) is 0 Å². The normalized spacial score (nSPS) is 25.8. The molecule has 0 heterocycles. The zero-order valence-corrected chi connectivity index (χ0v) is 12.0. The molecule has 0 saturated heterocycles. The van der Waals surface area contributed by atoms with E-state index in [-0.39, 0.29) is 0 Å². The summed E-state index contributed by atoms with van der Waals surface area (Å²) >= 11 is 0. The summed E-state index contributed by atoms with van der Waals surface area (Å²) in [5.74, 6) is 0. The SMILES string of the molecule is COC1CCC(NCCCN(C)C(C)C)CC1. The van der Waals surface area contributed by atoms with Crippen LogP contribution in [-0.4, -0.2) is 50.3 Å². The van der Waals surface area contributed by atoms with Crippen molar-refractivity contribution in [1.29, 1.82) is 0 Å². The van der Waals surface area contributed by atoms with Crippen molar-refractivity contribution in [1.82, 2.24) is 10.2 Å². The molecule has 0 aliphatic heterocycles. The summed E-state index contributed by atoms with van der Waals surface area (Å²) < 4.78 is 5.39. The highest BCUT2D eigenvalue weighted by atomic mass is 16.5. The molecular formula is C14H30N2O. The second-order valence-corrected chi connectivity index (χ2v) is 5.59. The van der Waals surface area contributed by atoms with Crippen LogP contribution in [0.15, 0.2) is 0 Å². The van der Waals surface area contributed by atoms with Gasteiger partial charge in [0.1, 0.15) is 0 Å². The number of nitrogens with zero attached hydrogens (tertiary/aromatic N) is 1. The van der Waals surface area contributed by atoms with Gasteiger partial charge in [-0.25, -0.2) is 0 Å². The first-order chi connectivity index (χ1) is 8.13. The van der Waals surface area contributed by atoms with Gasteiger partial charge in [-0.05, 0) is 66.1 Å². The Balaban J connectivity index is 2.00. The van der Waals surface area contributed by atoms with Crippen molar-refractivity contribution < 1.29 is 4.74 Å². The molecule has 0 radical (unpaired) electrons. The van der Waals surface area contributed by atoms with E-state index in [1.165, 1.54) is 38.6 Å². The van der Waals surface area contributed by atoms with E-state index in [9.17, 15) is 0 Å². The van der Waals surface area contributed by atoms with E-state index in [1.807, 2.05) is 7.11 Å². The average molecular weight is 242 g/mol. The highest BCUT2D eigenvalue weighted by Gasteiger charge is 2.19. The van der Waals surface area contributed by atoms with Gasteiger partial charge in [0.05, 0.1) is 6.10 Å². The maximum Gasteiger partial charge on any atom is 0.0572 e. The fourth-order valence-electron chi connectivity index (χ4n) is 2.40. The minimum Gasteiger partial charge on any atom is -0.381 e. The molecule has 0 aromatic heterocycles. The van der Waals surface area contributed by atoms with Gasteiger partial charge >= 0.3 is 0 Å². The number of nitrogens with one attached hydrogen (secondary N) is 1. The largest absolute Gasteiger partial charge is 0.381 e. The summed E-state index contributed by atoms with van der Waals surface area (Å²) in [4.78, 5) is 2.41. The van der Waals surface area contributed by atoms with Gasteiger partial charge in [0, 0.05) is 19.2 Å². The Kier molecular flexibility index (Phi) is 7.09. The van der Waals surface area contributed by atoms with Crippen LogP contribution in [-0.2, 0) is 4.74 Å². The van der Waals surface area contributed by atoms with E-state index in [0.29, 0.717) is 12.1 Å². The molecule has 0 aromatic carbocycles. The minimum absolute atomic E-state index is 0.514. The third-order valence-electron chi connectivity index (χ3n) is 4.01. The van der Waals surface area contributed by atoms with Crippen LogP contribution in [0.4, 0.5) is 0 Å². The molecule has 1 fully saturated rings. The highest BCUT2D eigenvalue weighted by molar-refractivity contribution is 4.77. The molecule has 3 heteroatoms. The number of methoxy groups -OCH3 is 1.